The summed E-state index contributed by atoms with van der Waals surface area (Å²) in [6.45, 7) is 3.51. The van der Waals surface area contributed by atoms with Crippen LogP contribution in [0.5, 0.6) is 0 Å². The Morgan fingerprint density at radius 3 is 1.66 bits per heavy atom. The Balaban J connectivity index is 1.73. The standard InChI is InChI=1S/C30H31NO4/c1-2-35-27(32)18-19-31-20-25(29(33)23-14-8-4-9-15-23)28(22-12-6-3-7-13-22)26(21-31)30(34)24-16-10-5-11-17-24/h3-17,25-26,28H,2,18-21H2,1H3. The SMILES string of the molecule is CCOC(=O)CCN1CC(C(=O)c2ccccc2)C(c2ccccc2)C(C(=O)c2ccccc2)C1. The van der Waals surface area contributed by atoms with Gasteiger partial charge in [0.05, 0.1) is 13.0 Å². The Morgan fingerprint density at radius 2 is 1.20 bits per heavy atom. The predicted octanol–water partition coefficient (Wildman–Crippen LogP) is 5.04. The molecule has 1 saturated heterocycles. The van der Waals surface area contributed by atoms with Crippen molar-refractivity contribution in [1.82, 2.24) is 4.90 Å². The number of carbonyl (C=O) groups excluding carboxylic acids is 3. The van der Waals surface area contributed by atoms with Crippen molar-refractivity contribution in [2.75, 3.05) is 26.2 Å². The molecule has 0 aliphatic carbocycles. The van der Waals surface area contributed by atoms with Crippen molar-refractivity contribution in [3.8, 4) is 0 Å². The summed E-state index contributed by atoms with van der Waals surface area (Å²) < 4.78 is 5.11. The molecule has 0 spiro atoms. The first-order valence-corrected chi connectivity index (χ1v) is 12.2. The number of piperidine rings is 1. The van der Waals surface area contributed by atoms with Crippen molar-refractivity contribution >= 4 is 17.5 Å². The summed E-state index contributed by atoms with van der Waals surface area (Å²) in [5, 5.41) is 0. The maximum absolute atomic E-state index is 13.8. The normalized spacial score (nSPS) is 20.2. The van der Waals surface area contributed by atoms with Gasteiger partial charge in [-0.1, -0.05) is 91.0 Å². The number of rotatable bonds is 9. The predicted molar refractivity (Wildman–Crippen MR) is 135 cm³/mol. The molecule has 4 rings (SSSR count). The Kier molecular flexibility index (Phi) is 8.22. The van der Waals surface area contributed by atoms with Crippen molar-refractivity contribution < 1.29 is 19.1 Å². The van der Waals surface area contributed by atoms with Gasteiger partial charge in [-0.05, 0) is 12.5 Å². The first kappa shape index (κ1) is 24.6. The van der Waals surface area contributed by atoms with Gasteiger partial charge < -0.3 is 9.64 Å². The molecule has 2 unspecified atom stereocenters. The van der Waals surface area contributed by atoms with Crippen LogP contribution in [0.25, 0.3) is 0 Å². The Labute approximate surface area is 206 Å². The summed E-state index contributed by atoms with van der Waals surface area (Å²) in [5.74, 6) is -1.34. The second kappa shape index (κ2) is 11.7. The van der Waals surface area contributed by atoms with Crippen LogP contribution in [0.4, 0.5) is 0 Å². The molecule has 0 amide bonds. The van der Waals surface area contributed by atoms with Gasteiger partial charge in [0.1, 0.15) is 0 Å². The van der Waals surface area contributed by atoms with Crippen molar-refractivity contribution in [2.24, 2.45) is 11.8 Å². The van der Waals surface area contributed by atoms with Crippen LogP contribution in [0.2, 0.25) is 0 Å². The van der Waals surface area contributed by atoms with E-state index < -0.39 is 11.8 Å². The van der Waals surface area contributed by atoms with E-state index in [0.29, 0.717) is 37.4 Å². The number of carbonyl (C=O) groups is 3. The molecule has 5 nitrogen and oxygen atoms in total. The number of nitrogens with zero attached hydrogens (tertiary/aromatic N) is 1. The topological polar surface area (TPSA) is 63.7 Å². The van der Waals surface area contributed by atoms with Gasteiger partial charge in [0, 0.05) is 48.5 Å². The third-order valence-electron chi connectivity index (χ3n) is 6.69. The molecule has 0 N–H and O–H groups in total. The van der Waals surface area contributed by atoms with Crippen LogP contribution in [0.1, 0.15) is 45.5 Å². The minimum absolute atomic E-state index is 0.0196. The van der Waals surface area contributed by atoms with E-state index in [-0.39, 0.29) is 29.9 Å². The third kappa shape index (κ3) is 5.92. The molecule has 3 aromatic carbocycles. The molecule has 0 bridgehead atoms. The first-order chi connectivity index (χ1) is 17.1. The summed E-state index contributed by atoms with van der Waals surface area (Å²) in [7, 11) is 0. The Hall–Kier alpha value is -3.57. The quantitative estimate of drug-likeness (QED) is 0.325. The van der Waals surface area contributed by atoms with Crippen LogP contribution in [0, 0.1) is 11.8 Å². The monoisotopic (exact) mass is 469 g/mol. The van der Waals surface area contributed by atoms with Crippen LogP contribution in [-0.2, 0) is 9.53 Å². The highest BCUT2D eigenvalue weighted by Crippen LogP contribution is 2.40. The molecule has 35 heavy (non-hydrogen) atoms. The van der Waals surface area contributed by atoms with Crippen LogP contribution >= 0.6 is 0 Å². The zero-order valence-electron chi connectivity index (χ0n) is 20.0. The second-order valence-electron chi connectivity index (χ2n) is 8.92. The fourth-order valence-corrected chi connectivity index (χ4v) is 5.07. The van der Waals surface area contributed by atoms with E-state index >= 15 is 0 Å². The van der Waals surface area contributed by atoms with Gasteiger partial charge in [-0.2, -0.15) is 0 Å². The maximum atomic E-state index is 13.8. The van der Waals surface area contributed by atoms with Crippen molar-refractivity contribution in [3.05, 3.63) is 108 Å². The van der Waals surface area contributed by atoms with Gasteiger partial charge in [0.15, 0.2) is 11.6 Å². The Morgan fingerprint density at radius 1 is 0.743 bits per heavy atom. The van der Waals surface area contributed by atoms with Gasteiger partial charge in [-0.25, -0.2) is 0 Å². The lowest BCUT2D eigenvalue weighted by molar-refractivity contribution is -0.143. The number of Topliss-reactive ketones (excluding diaryl/α,β-unsaturated/α-hetero) is 2. The summed E-state index contributed by atoms with van der Waals surface area (Å²) >= 11 is 0. The molecule has 0 saturated carbocycles. The fourth-order valence-electron chi connectivity index (χ4n) is 5.07. The van der Waals surface area contributed by atoms with E-state index in [1.807, 2.05) is 91.0 Å². The number of ketones is 2. The van der Waals surface area contributed by atoms with Crippen LogP contribution in [0.15, 0.2) is 91.0 Å². The summed E-state index contributed by atoms with van der Waals surface area (Å²) in [5.41, 5.74) is 2.26. The van der Waals surface area contributed by atoms with Gasteiger partial charge in [-0.15, -0.1) is 0 Å². The van der Waals surface area contributed by atoms with E-state index in [1.165, 1.54) is 0 Å². The van der Waals surface area contributed by atoms with Gasteiger partial charge in [-0.3, -0.25) is 14.4 Å². The van der Waals surface area contributed by atoms with Crippen LogP contribution in [0.3, 0.4) is 0 Å². The fraction of sp³-hybridized carbons (Fsp3) is 0.300. The molecular formula is C30H31NO4. The van der Waals surface area contributed by atoms with Crippen molar-refractivity contribution in [1.29, 1.82) is 0 Å². The molecular weight excluding hydrogens is 438 g/mol. The van der Waals surface area contributed by atoms with E-state index in [0.717, 1.165) is 5.56 Å². The van der Waals surface area contributed by atoms with Crippen molar-refractivity contribution in [2.45, 2.75) is 19.3 Å². The maximum Gasteiger partial charge on any atom is 0.307 e. The highest BCUT2D eigenvalue weighted by Gasteiger charge is 2.44. The third-order valence-corrected chi connectivity index (χ3v) is 6.69. The minimum Gasteiger partial charge on any atom is -0.466 e. The zero-order valence-corrected chi connectivity index (χ0v) is 20.0. The summed E-state index contributed by atoms with van der Waals surface area (Å²) in [4.78, 5) is 41.8. The molecule has 2 atom stereocenters. The number of likely N-dealkylation sites (tertiary alicyclic amines) is 1. The molecule has 1 aliphatic rings. The zero-order chi connectivity index (χ0) is 24.6. The van der Waals surface area contributed by atoms with Gasteiger partial charge in [0.25, 0.3) is 0 Å². The number of hydrogen-bond donors (Lipinski definition) is 0. The van der Waals surface area contributed by atoms with E-state index in [9.17, 15) is 14.4 Å². The van der Waals surface area contributed by atoms with Crippen LogP contribution in [-0.4, -0.2) is 48.7 Å². The molecule has 180 valence electrons. The molecule has 0 radical (unpaired) electrons. The number of esters is 1. The summed E-state index contributed by atoms with van der Waals surface area (Å²) in [6, 6.07) is 28.4. The van der Waals surface area contributed by atoms with E-state index in [1.54, 1.807) is 6.92 Å². The molecule has 3 aromatic rings. The highest BCUT2D eigenvalue weighted by molar-refractivity contribution is 6.02. The average Bonchev–Trinajstić information content (AvgIpc) is 2.92. The second-order valence-corrected chi connectivity index (χ2v) is 8.92. The molecule has 1 fully saturated rings. The van der Waals surface area contributed by atoms with Gasteiger partial charge in [0.2, 0.25) is 0 Å². The number of hydrogen-bond acceptors (Lipinski definition) is 5. The van der Waals surface area contributed by atoms with E-state index in [2.05, 4.69) is 4.90 Å². The van der Waals surface area contributed by atoms with Crippen LogP contribution < -0.4 is 0 Å². The molecule has 5 heteroatoms. The summed E-state index contributed by atoms with van der Waals surface area (Å²) in [6.07, 6.45) is 0.225. The highest BCUT2D eigenvalue weighted by atomic mass is 16.5. The van der Waals surface area contributed by atoms with Crippen molar-refractivity contribution in [3.63, 3.8) is 0 Å². The lowest BCUT2D eigenvalue weighted by Gasteiger charge is -2.43. The minimum atomic E-state index is -0.423. The number of benzene rings is 3. The average molecular weight is 470 g/mol. The molecule has 1 heterocycles. The largest absolute Gasteiger partial charge is 0.466 e. The molecule has 1 aliphatic heterocycles. The first-order valence-electron chi connectivity index (χ1n) is 12.2. The lowest BCUT2D eigenvalue weighted by Crippen LogP contribution is -2.50. The van der Waals surface area contributed by atoms with Gasteiger partial charge >= 0.3 is 5.97 Å². The lowest BCUT2D eigenvalue weighted by atomic mass is 9.68. The smallest absolute Gasteiger partial charge is 0.307 e. The number of ether oxygens (including phenoxy) is 1. The Bertz CT molecular complexity index is 1070. The van der Waals surface area contributed by atoms with E-state index in [4.69, 9.17) is 4.74 Å². The molecule has 0 aromatic heterocycles.